The fourth-order valence-corrected chi connectivity index (χ4v) is 1.67. The lowest BCUT2D eigenvalue weighted by Crippen LogP contribution is -2.40. The lowest BCUT2D eigenvalue weighted by Gasteiger charge is -2.17. The van der Waals surface area contributed by atoms with Gasteiger partial charge < -0.3 is 16.2 Å². The molecule has 16 heavy (non-hydrogen) atoms. The number of nitrogens with one attached hydrogen (secondary N) is 1. The van der Waals surface area contributed by atoms with Gasteiger partial charge in [-0.25, -0.2) is 0 Å². The fraction of sp³-hybridized carbons (Fsp3) is 0.818. The Kier molecular flexibility index (Phi) is 4.73. The van der Waals surface area contributed by atoms with E-state index >= 15 is 0 Å². The van der Waals surface area contributed by atoms with Crippen LogP contribution in [0.5, 0.6) is 0 Å². The van der Waals surface area contributed by atoms with Crippen molar-refractivity contribution in [3.8, 4) is 0 Å². The number of aliphatic carboxylic acids is 1. The molecule has 1 saturated carbocycles. The van der Waals surface area contributed by atoms with Crippen molar-refractivity contribution in [3.63, 3.8) is 0 Å². The molecule has 1 fully saturated rings. The van der Waals surface area contributed by atoms with Crippen LogP contribution < -0.4 is 11.1 Å². The zero-order valence-corrected chi connectivity index (χ0v) is 9.61. The first-order valence-electron chi connectivity index (χ1n) is 5.79. The third-order valence-corrected chi connectivity index (χ3v) is 2.90. The molecule has 2 atom stereocenters. The second-order valence-electron chi connectivity index (χ2n) is 4.48. The van der Waals surface area contributed by atoms with E-state index in [1.54, 1.807) is 0 Å². The summed E-state index contributed by atoms with van der Waals surface area (Å²) in [5.74, 6) is -0.651. The number of hydrogen-bond donors (Lipinski definition) is 3. The van der Waals surface area contributed by atoms with E-state index in [2.05, 4.69) is 5.32 Å². The summed E-state index contributed by atoms with van der Waals surface area (Å²) < 4.78 is 0. The van der Waals surface area contributed by atoms with E-state index in [0.29, 0.717) is 5.92 Å². The number of hydrogen-bond acceptors (Lipinski definition) is 3. The predicted molar refractivity (Wildman–Crippen MR) is 59.8 cm³/mol. The van der Waals surface area contributed by atoms with Gasteiger partial charge in [-0.3, -0.25) is 9.59 Å². The summed E-state index contributed by atoms with van der Waals surface area (Å²) >= 11 is 0. The Balaban J connectivity index is 2.35. The Morgan fingerprint density at radius 1 is 1.44 bits per heavy atom. The molecule has 92 valence electrons. The first-order chi connectivity index (χ1) is 7.52. The number of rotatable bonds is 7. The van der Waals surface area contributed by atoms with Gasteiger partial charge in [0, 0.05) is 18.5 Å². The molecule has 1 rings (SSSR count). The maximum atomic E-state index is 11.6. The molecule has 0 bridgehead atoms. The molecule has 0 radical (unpaired) electrons. The average Bonchev–Trinajstić information content (AvgIpc) is 2.98. The topological polar surface area (TPSA) is 92.4 Å². The molecule has 0 aromatic carbocycles. The van der Waals surface area contributed by atoms with E-state index in [4.69, 9.17) is 10.8 Å². The van der Waals surface area contributed by atoms with Gasteiger partial charge in [0.15, 0.2) is 0 Å². The molecule has 0 spiro atoms. The highest BCUT2D eigenvalue weighted by atomic mass is 16.4. The second-order valence-corrected chi connectivity index (χ2v) is 4.48. The highest BCUT2D eigenvalue weighted by Gasteiger charge is 2.33. The molecule has 0 aliphatic heterocycles. The van der Waals surface area contributed by atoms with Gasteiger partial charge in [-0.1, -0.05) is 6.92 Å². The second kappa shape index (κ2) is 5.84. The monoisotopic (exact) mass is 228 g/mol. The highest BCUT2D eigenvalue weighted by Crippen LogP contribution is 2.34. The van der Waals surface area contributed by atoms with Crippen LogP contribution in [0.25, 0.3) is 0 Å². The lowest BCUT2D eigenvalue weighted by atomic mass is 10.1. The maximum absolute atomic E-state index is 11.6. The maximum Gasteiger partial charge on any atom is 0.305 e. The Bertz CT molecular complexity index is 264. The Labute approximate surface area is 95.4 Å². The number of carbonyl (C=O) groups is 2. The van der Waals surface area contributed by atoms with Crippen molar-refractivity contribution in [3.05, 3.63) is 0 Å². The zero-order valence-electron chi connectivity index (χ0n) is 9.61. The van der Waals surface area contributed by atoms with E-state index in [1.165, 1.54) is 0 Å². The first kappa shape index (κ1) is 13.0. The van der Waals surface area contributed by atoms with Gasteiger partial charge in [0.2, 0.25) is 5.91 Å². The summed E-state index contributed by atoms with van der Waals surface area (Å²) in [6.07, 6.45) is 3.06. The van der Waals surface area contributed by atoms with Crippen LogP contribution in [0.1, 0.15) is 39.0 Å². The van der Waals surface area contributed by atoms with Crippen molar-refractivity contribution in [2.24, 2.45) is 11.7 Å². The minimum atomic E-state index is -0.864. The third-order valence-electron chi connectivity index (χ3n) is 2.90. The summed E-state index contributed by atoms with van der Waals surface area (Å²) in [6, 6.07) is -0.348. The molecular weight excluding hydrogens is 208 g/mol. The average molecular weight is 228 g/mol. The van der Waals surface area contributed by atoms with Crippen LogP contribution in [0.4, 0.5) is 0 Å². The molecule has 0 aromatic rings. The SMILES string of the molecule is CCC(N)CC(=O)NC(CC(=O)O)C1CC1. The largest absolute Gasteiger partial charge is 0.481 e. The Morgan fingerprint density at radius 3 is 2.50 bits per heavy atom. The smallest absolute Gasteiger partial charge is 0.305 e. The normalized spacial score (nSPS) is 18.9. The minimum Gasteiger partial charge on any atom is -0.481 e. The standard InChI is InChI=1S/C11H20N2O3/c1-2-8(12)5-10(14)13-9(6-11(15)16)7-3-4-7/h7-9H,2-6,12H2,1H3,(H,13,14)(H,15,16). The van der Waals surface area contributed by atoms with Crippen LogP contribution in [-0.4, -0.2) is 29.1 Å². The number of carboxylic acid groups (broad SMARTS) is 1. The van der Waals surface area contributed by atoms with Crippen LogP contribution in [0.3, 0.4) is 0 Å². The molecule has 5 nitrogen and oxygen atoms in total. The Hall–Kier alpha value is -1.10. The predicted octanol–water partition coefficient (Wildman–Crippen LogP) is 0.483. The molecule has 0 heterocycles. The molecule has 0 aromatic heterocycles. The summed E-state index contributed by atoms with van der Waals surface area (Å²) in [5.41, 5.74) is 5.67. The van der Waals surface area contributed by atoms with Crippen LogP contribution in [-0.2, 0) is 9.59 Å². The van der Waals surface area contributed by atoms with Crippen LogP contribution in [0.2, 0.25) is 0 Å². The Morgan fingerprint density at radius 2 is 2.06 bits per heavy atom. The molecule has 1 aliphatic rings. The van der Waals surface area contributed by atoms with Gasteiger partial charge in [-0.15, -0.1) is 0 Å². The first-order valence-corrected chi connectivity index (χ1v) is 5.79. The van der Waals surface area contributed by atoms with Crippen molar-refractivity contribution in [2.75, 3.05) is 0 Å². The van der Waals surface area contributed by atoms with E-state index < -0.39 is 5.97 Å². The fourth-order valence-electron chi connectivity index (χ4n) is 1.67. The van der Waals surface area contributed by atoms with Crippen molar-refractivity contribution in [2.45, 2.75) is 51.1 Å². The number of nitrogens with two attached hydrogens (primary N) is 1. The molecular formula is C11H20N2O3. The van der Waals surface area contributed by atoms with Crippen molar-refractivity contribution >= 4 is 11.9 Å². The van der Waals surface area contributed by atoms with E-state index in [1.807, 2.05) is 6.92 Å². The number of amides is 1. The van der Waals surface area contributed by atoms with E-state index in [0.717, 1.165) is 19.3 Å². The van der Waals surface area contributed by atoms with Crippen molar-refractivity contribution < 1.29 is 14.7 Å². The molecule has 1 aliphatic carbocycles. The number of carboxylic acids is 1. The summed E-state index contributed by atoms with van der Waals surface area (Å²) in [6.45, 7) is 1.92. The van der Waals surface area contributed by atoms with Crippen molar-refractivity contribution in [1.82, 2.24) is 5.32 Å². The van der Waals surface area contributed by atoms with Gasteiger partial charge in [0.1, 0.15) is 0 Å². The third kappa shape index (κ3) is 4.61. The molecule has 0 saturated heterocycles. The van der Waals surface area contributed by atoms with Gasteiger partial charge in [-0.2, -0.15) is 0 Å². The molecule has 2 unspecified atom stereocenters. The highest BCUT2D eigenvalue weighted by molar-refractivity contribution is 5.78. The minimum absolute atomic E-state index is 0.0117. The van der Waals surface area contributed by atoms with Gasteiger partial charge in [0.05, 0.1) is 6.42 Å². The van der Waals surface area contributed by atoms with E-state index in [9.17, 15) is 9.59 Å². The van der Waals surface area contributed by atoms with Crippen LogP contribution in [0.15, 0.2) is 0 Å². The summed E-state index contributed by atoms with van der Waals surface area (Å²) in [5, 5.41) is 11.5. The molecule has 5 heteroatoms. The van der Waals surface area contributed by atoms with Gasteiger partial charge >= 0.3 is 5.97 Å². The molecule has 4 N–H and O–H groups in total. The zero-order chi connectivity index (χ0) is 12.1. The quantitative estimate of drug-likeness (QED) is 0.591. The van der Waals surface area contributed by atoms with Crippen LogP contribution >= 0.6 is 0 Å². The van der Waals surface area contributed by atoms with E-state index in [-0.39, 0.29) is 30.8 Å². The summed E-state index contributed by atoms with van der Waals surface area (Å²) in [7, 11) is 0. The van der Waals surface area contributed by atoms with Crippen molar-refractivity contribution in [1.29, 1.82) is 0 Å². The lowest BCUT2D eigenvalue weighted by molar-refractivity contribution is -0.137. The molecule has 1 amide bonds. The summed E-state index contributed by atoms with van der Waals surface area (Å²) in [4.78, 5) is 22.2. The van der Waals surface area contributed by atoms with Gasteiger partial charge in [0.25, 0.3) is 0 Å². The van der Waals surface area contributed by atoms with Crippen LogP contribution in [0, 0.1) is 5.92 Å². The van der Waals surface area contributed by atoms with Gasteiger partial charge in [-0.05, 0) is 25.2 Å². The number of carbonyl (C=O) groups excluding carboxylic acids is 1.